The van der Waals surface area contributed by atoms with Crippen molar-refractivity contribution < 1.29 is 9.53 Å². The van der Waals surface area contributed by atoms with Gasteiger partial charge in [-0.15, -0.1) is 11.8 Å². The standard InChI is InChI=1S/C17H15N3O2S/c1-22-17(21)14(12-23-15-8-3-2-4-9-15)11-13-7-5-6-10-16(13)19-20-18/h2-11H,12H2,1H3/b14-11+. The Labute approximate surface area is 138 Å². The van der Waals surface area contributed by atoms with Crippen molar-refractivity contribution in [2.24, 2.45) is 5.11 Å². The molecule has 116 valence electrons. The van der Waals surface area contributed by atoms with Crippen molar-refractivity contribution >= 4 is 29.5 Å². The minimum Gasteiger partial charge on any atom is -0.466 e. The Balaban J connectivity index is 2.28. The summed E-state index contributed by atoms with van der Waals surface area (Å²) < 4.78 is 4.85. The number of esters is 1. The Morgan fingerprint density at radius 2 is 1.91 bits per heavy atom. The second kappa shape index (κ2) is 8.68. The summed E-state index contributed by atoms with van der Waals surface area (Å²) in [4.78, 5) is 15.9. The third-order valence-corrected chi connectivity index (χ3v) is 4.06. The number of benzene rings is 2. The van der Waals surface area contributed by atoms with Gasteiger partial charge in [0, 0.05) is 26.8 Å². The molecule has 5 nitrogen and oxygen atoms in total. The molecule has 0 saturated carbocycles. The SMILES string of the molecule is COC(=O)/C(=C/c1ccccc1N=[N+]=[N-])CSc1ccccc1. The van der Waals surface area contributed by atoms with Crippen molar-refractivity contribution in [1.82, 2.24) is 0 Å². The van der Waals surface area contributed by atoms with E-state index in [0.717, 1.165) is 4.90 Å². The minimum absolute atomic E-state index is 0.399. The average Bonchev–Trinajstić information content (AvgIpc) is 2.60. The fourth-order valence-corrected chi connectivity index (χ4v) is 2.78. The summed E-state index contributed by atoms with van der Waals surface area (Å²) in [7, 11) is 1.35. The lowest BCUT2D eigenvalue weighted by molar-refractivity contribution is -0.135. The topological polar surface area (TPSA) is 75.1 Å². The average molecular weight is 325 g/mol. The lowest BCUT2D eigenvalue weighted by atomic mass is 10.1. The number of ether oxygens (including phenoxy) is 1. The summed E-state index contributed by atoms with van der Waals surface area (Å²) in [5.41, 5.74) is 10.3. The van der Waals surface area contributed by atoms with Gasteiger partial charge in [0.15, 0.2) is 0 Å². The largest absolute Gasteiger partial charge is 0.466 e. The number of rotatable bonds is 6. The first kappa shape index (κ1) is 16.7. The predicted molar refractivity (Wildman–Crippen MR) is 92.4 cm³/mol. The van der Waals surface area contributed by atoms with E-state index in [-0.39, 0.29) is 0 Å². The molecule has 0 aliphatic carbocycles. The van der Waals surface area contributed by atoms with Gasteiger partial charge >= 0.3 is 5.97 Å². The minimum atomic E-state index is -0.399. The molecule has 23 heavy (non-hydrogen) atoms. The molecule has 0 fully saturated rings. The highest BCUT2D eigenvalue weighted by molar-refractivity contribution is 7.99. The predicted octanol–water partition coefficient (Wildman–Crippen LogP) is 4.98. The molecule has 0 N–H and O–H groups in total. The van der Waals surface area contributed by atoms with Crippen LogP contribution in [-0.2, 0) is 9.53 Å². The fraction of sp³-hybridized carbons (Fsp3) is 0.118. The summed E-state index contributed by atoms with van der Waals surface area (Å²) in [6.07, 6.45) is 1.70. The monoisotopic (exact) mass is 325 g/mol. The van der Waals surface area contributed by atoms with E-state index in [1.165, 1.54) is 18.9 Å². The molecule has 2 aromatic rings. The van der Waals surface area contributed by atoms with Crippen molar-refractivity contribution in [3.63, 3.8) is 0 Å². The molecule has 0 aliphatic rings. The second-order valence-electron chi connectivity index (χ2n) is 4.51. The van der Waals surface area contributed by atoms with Gasteiger partial charge in [0.1, 0.15) is 0 Å². The molecule has 0 radical (unpaired) electrons. The van der Waals surface area contributed by atoms with Gasteiger partial charge in [0.2, 0.25) is 0 Å². The number of hydrogen-bond acceptors (Lipinski definition) is 4. The molecular formula is C17H15N3O2S. The van der Waals surface area contributed by atoms with Gasteiger partial charge in [-0.2, -0.15) is 0 Å². The van der Waals surface area contributed by atoms with Crippen LogP contribution in [0.4, 0.5) is 5.69 Å². The quantitative estimate of drug-likeness (QED) is 0.188. The lowest BCUT2D eigenvalue weighted by Crippen LogP contribution is -2.07. The Kier molecular flexibility index (Phi) is 6.29. The van der Waals surface area contributed by atoms with Crippen LogP contribution in [0.5, 0.6) is 0 Å². The zero-order valence-electron chi connectivity index (χ0n) is 12.5. The van der Waals surface area contributed by atoms with E-state index in [4.69, 9.17) is 10.3 Å². The molecule has 0 amide bonds. The molecule has 0 unspecified atom stereocenters. The number of azide groups is 1. The molecule has 0 bridgehead atoms. The highest BCUT2D eigenvalue weighted by Crippen LogP contribution is 2.25. The van der Waals surface area contributed by atoms with E-state index in [1.54, 1.807) is 24.3 Å². The number of hydrogen-bond donors (Lipinski definition) is 0. The van der Waals surface area contributed by atoms with Gasteiger partial charge in [0.25, 0.3) is 0 Å². The maximum atomic E-state index is 12.0. The molecule has 0 aromatic heterocycles. The molecular weight excluding hydrogens is 310 g/mol. The smallest absolute Gasteiger partial charge is 0.334 e. The number of thioether (sulfide) groups is 1. The van der Waals surface area contributed by atoms with E-state index in [1.807, 2.05) is 36.4 Å². The molecule has 0 aliphatic heterocycles. The summed E-state index contributed by atoms with van der Waals surface area (Å²) >= 11 is 1.54. The van der Waals surface area contributed by atoms with Gasteiger partial charge in [-0.05, 0) is 29.3 Å². The first-order chi connectivity index (χ1) is 11.2. The maximum Gasteiger partial charge on any atom is 0.334 e. The maximum absolute atomic E-state index is 12.0. The summed E-state index contributed by atoms with van der Waals surface area (Å²) in [6, 6.07) is 16.9. The highest BCUT2D eigenvalue weighted by Gasteiger charge is 2.11. The third kappa shape index (κ3) is 4.92. The molecule has 0 spiro atoms. The number of carbonyl (C=O) groups is 1. The molecule has 0 heterocycles. The van der Waals surface area contributed by atoms with Gasteiger partial charge in [-0.25, -0.2) is 4.79 Å². The van der Waals surface area contributed by atoms with E-state index in [2.05, 4.69) is 10.0 Å². The first-order valence-electron chi connectivity index (χ1n) is 6.85. The van der Waals surface area contributed by atoms with E-state index >= 15 is 0 Å². The number of methoxy groups -OCH3 is 1. The third-order valence-electron chi connectivity index (χ3n) is 3.00. The molecule has 2 rings (SSSR count). The summed E-state index contributed by atoms with van der Waals surface area (Å²) in [6.45, 7) is 0. The van der Waals surface area contributed by atoms with Crippen molar-refractivity contribution in [1.29, 1.82) is 0 Å². The van der Waals surface area contributed by atoms with Crippen LogP contribution in [-0.4, -0.2) is 18.8 Å². The van der Waals surface area contributed by atoms with Crippen LogP contribution in [0.2, 0.25) is 0 Å². The fourth-order valence-electron chi connectivity index (χ4n) is 1.90. The van der Waals surface area contributed by atoms with E-state index < -0.39 is 5.97 Å². The number of nitrogens with zero attached hydrogens (tertiary/aromatic N) is 3. The van der Waals surface area contributed by atoms with Crippen LogP contribution in [0.3, 0.4) is 0 Å². The van der Waals surface area contributed by atoms with Crippen LogP contribution < -0.4 is 0 Å². The highest BCUT2D eigenvalue weighted by atomic mass is 32.2. The lowest BCUT2D eigenvalue weighted by Gasteiger charge is -2.07. The first-order valence-corrected chi connectivity index (χ1v) is 7.84. The van der Waals surface area contributed by atoms with Crippen molar-refractivity contribution in [2.75, 3.05) is 12.9 Å². The van der Waals surface area contributed by atoms with Gasteiger partial charge in [-0.1, -0.05) is 47.6 Å². The van der Waals surface area contributed by atoms with E-state index in [9.17, 15) is 4.79 Å². The molecule has 2 aromatic carbocycles. The van der Waals surface area contributed by atoms with Crippen LogP contribution in [0, 0.1) is 0 Å². The Morgan fingerprint density at radius 1 is 1.22 bits per heavy atom. The van der Waals surface area contributed by atoms with Gasteiger partial charge in [-0.3, -0.25) is 0 Å². The second-order valence-corrected chi connectivity index (χ2v) is 5.56. The van der Waals surface area contributed by atoms with Crippen molar-refractivity contribution in [2.45, 2.75) is 4.90 Å². The van der Waals surface area contributed by atoms with Crippen LogP contribution in [0.15, 0.2) is 70.2 Å². The molecule has 0 saturated heterocycles. The zero-order chi connectivity index (χ0) is 16.5. The van der Waals surface area contributed by atoms with E-state index in [0.29, 0.717) is 22.6 Å². The van der Waals surface area contributed by atoms with Gasteiger partial charge in [0.05, 0.1) is 7.11 Å². The zero-order valence-corrected chi connectivity index (χ0v) is 13.4. The Hall–Kier alpha value is -2.69. The van der Waals surface area contributed by atoms with Crippen LogP contribution >= 0.6 is 11.8 Å². The summed E-state index contributed by atoms with van der Waals surface area (Å²) in [5, 5.41) is 3.64. The number of carbonyl (C=O) groups excluding carboxylic acids is 1. The molecule has 6 heteroatoms. The Morgan fingerprint density at radius 3 is 2.61 bits per heavy atom. The van der Waals surface area contributed by atoms with Crippen molar-refractivity contribution in [3.05, 3.63) is 76.2 Å². The molecule has 0 atom stereocenters. The van der Waals surface area contributed by atoms with Gasteiger partial charge < -0.3 is 4.74 Å². The van der Waals surface area contributed by atoms with Crippen molar-refractivity contribution in [3.8, 4) is 0 Å². The normalized spacial score (nSPS) is 10.7. The van der Waals surface area contributed by atoms with Crippen LogP contribution in [0.1, 0.15) is 5.56 Å². The summed E-state index contributed by atoms with van der Waals surface area (Å²) in [5.74, 6) is 0.0607. The van der Waals surface area contributed by atoms with Crippen LogP contribution in [0.25, 0.3) is 16.5 Å². The Bertz CT molecular complexity index is 753.